The van der Waals surface area contributed by atoms with Crippen LogP contribution in [0.25, 0.3) is 0 Å². The van der Waals surface area contributed by atoms with Crippen LogP contribution >= 0.6 is 15.9 Å². The summed E-state index contributed by atoms with van der Waals surface area (Å²) in [5.41, 5.74) is 7.35. The van der Waals surface area contributed by atoms with Crippen LogP contribution in [-0.2, 0) is 6.42 Å². The maximum atomic E-state index is 6.24. The highest BCUT2D eigenvalue weighted by molar-refractivity contribution is 9.10. The van der Waals surface area contributed by atoms with Crippen LogP contribution in [0, 0.1) is 0 Å². The van der Waals surface area contributed by atoms with Crippen molar-refractivity contribution in [3.05, 3.63) is 47.0 Å². The lowest BCUT2D eigenvalue weighted by atomic mass is 9.89. The van der Waals surface area contributed by atoms with Gasteiger partial charge < -0.3 is 5.73 Å². The van der Waals surface area contributed by atoms with E-state index in [2.05, 4.69) is 41.6 Å². The third kappa shape index (κ3) is 4.18. The van der Waals surface area contributed by atoms with Gasteiger partial charge in [0.15, 0.2) is 0 Å². The van der Waals surface area contributed by atoms with Gasteiger partial charge in [-0.3, -0.25) is 0 Å². The summed E-state index contributed by atoms with van der Waals surface area (Å²) < 4.78 is 1.14. The molecule has 1 rings (SSSR count). The summed E-state index contributed by atoms with van der Waals surface area (Å²) in [5, 5.41) is 0. The Morgan fingerprint density at radius 2 is 2.13 bits per heavy atom. The van der Waals surface area contributed by atoms with Crippen molar-refractivity contribution in [3.8, 4) is 0 Å². The van der Waals surface area contributed by atoms with E-state index in [0.717, 1.165) is 23.7 Å². The van der Waals surface area contributed by atoms with Crippen LogP contribution in [-0.4, -0.2) is 5.54 Å². The Labute approximate surface area is 101 Å². The summed E-state index contributed by atoms with van der Waals surface area (Å²) in [7, 11) is 0. The highest BCUT2D eigenvalue weighted by Gasteiger charge is 2.18. The lowest BCUT2D eigenvalue weighted by molar-refractivity contribution is 0.433. The third-order valence-electron chi connectivity index (χ3n) is 2.47. The smallest absolute Gasteiger partial charge is 0.0207 e. The molecule has 0 aliphatic rings. The molecule has 0 aromatic heterocycles. The molecular formula is C13H18BrN. The summed E-state index contributed by atoms with van der Waals surface area (Å²) in [6, 6.07) is 8.23. The van der Waals surface area contributed by atoms with E-state index in [4.69, 9.17) is 5.73 Å². The molecule has 0 heterocycles. The minimum absolute atomic E-state index is 0.155. The summed E-state index contributed by atoms with van der Waals surface area (Å²) >= 11 is 3.54. The van der Waals surface area contributed by atoms with Crippen molar-refractivity contribution in [1.29, 1.82) is 0 Å². The number of hydrogen-bond donors (Lipinski definition) is 1. The van der Waals surface area contributed by atoms with Crippen LogP contribution in [0.1, 0.15) is 25.3 Å². The van der Waals surface area contributed by atoms with Crippen molar-refractivity contribution >= 4 is 15.9 Å². The predicted octanol–water partition coefficient (Wildman–Crippen LogP) is 3.68. The van der Waals surface area contributed by atoms with Crippen molar-refractivity contribution in [2.75, 3.05) is 0 Å². The molecule has 2 N–H and O–H groups in total. The number of halogens is 1. The van der Waals surface area contributed by atoms with Gasteiger partial charge in [-0.05, 0) is 37.8 Å². The minimum Gasteiger partial charge on any atom is -0.325 e. The highest BCUT2D eigenvalue weighted by Crippen LogP contribution is 2.22. The van der Waals surface area contributed by atoms with Gasteiger partial charge in [0.2, 0.25) is 0 Å². The highest BCUT2D eigenvalue weighted by atomic mass is 79.9. The summed E-state index contributed by atoms with van der Waals surface area (Å²) in [5.74, 6) is 0. The summed E-state index contributed by atoms with van der Waals surface area (Å²) in [6.45, 7) is 5.82. The molecule has 0 bridgehead atoms. The molecule has 0 aliphatic heterocycles. The van der Waals surface area contributed by atoms with Crippen molar-refractivity contribution in [1.82, 2.24) is 0 Å². The molecule has 1 atom stereocenters. The Morgan fingerprint density at radius 3 is 2.73 bits per heavy atom. The monoisotopic (exact) mass is 267 g/mol. The van der Waals surface area contributed by atoms with Gasteiger partial charge in [0, 0.05) is 10.0 Å². The number of rotatable bonds is 5. The molecule has 1 aromatic rings. The lowest BCUT2D eigenvalue weighted by Crippen LogP contribution is -2.38. The second-order valence-electron chi connectivity index (χ2n) is 4.25. The first-order valence-electron chi connectivity index (χ1n) is 5.18. The molecule has 0 saturated heterocycles. The Balaban J connectivity index is 2.68. The Hall–Kier alpha value is -0.600. The minimum atomic E-state index is -0.155. The van der Waals surface area contributed by atoms with Crippen LogP contribution in [0.4, 0.5) is 0 Å². The first-order valence-corrected chi connectivity index (χ1v) is 5.98. The van der Waals surface area contributed by atoms with E-state index in [-0.39, 0.29) is 5.54 Å². The average molecular weight is 268 g/mol. The van der Waals surface area contributed by atoms with Gasteiger partial charge in [0.05, 0.1) is 0 Å². The van der Waals surface area contributed by atoms with E-state index < -0.39 is 0 Å². The first kappa shape index (κ1) is 12.5. The normalized spacial score (nSPS) is 14.6. The molecule has 0 spiro atoms. The largest absolute Gasteiger partial charge is 0.325 e. The summed E-state index contributed by atoms with van der Waals surface area (Å²) in [4.78, 5) is 0. The number of nitrogens with two attached hydrogens (primary N) is 1. The first-order chi connectivity index (χ1) is 7.05. The van der Waals surface area contributed by atoms with Gasteiger partial charge in [0.1, 0.15) is 0 Å². The Morgan fingerprint density at radius 1 is 1.47 bits per heavy atom. The quantitative estimate of drug-likeness (QED) is 0.810. The van der Waals surface area contributed by atoms with Crippen molar-refractivity contribution < 1.29 is 0 Å². The molecule has 2 heteroatoms. The molecule has 0 fully saturated rings. The number of benzene rings is 1. The van der Waals surface area contributed by atoms with E-state index in [1.165, 1.54) is 5.56 Å². The number of hydrogen-bond acceptors (Lipinski definition) is 1. The molecule has 15 heavy (non-hydrogen) atoms. The van der Waals surface area contributed by atoms with Gasteiger partial charge in [-0.2, -0.15) is 0 Å². The van der Waals surface area contributed by atoms with E-state index in [0.29, 0.717) is 0 Å². The van der Waals surface area contributed by atoms with Crippen molar-refractivity contribution in [3.63, 3.8) is 0 Å². The van der Waals surface area contributed by atoms with Gasteiger partial charge in [-0.1, -0.05) is 40.2 Å². The van der Waals surface area contributed by atoms with Crippen molar-refractivity contribution in [2.24, 2.45) is 5.73 Å². The van der Waals surface area contributed by atoms with E-state index in [1.54, 1.807) is 0 Å². The van der Waals surface area contributed by atoms with Gasteiger partial charge in [-0.25, -0.2) is 0 Å². The zero-order valence-electron chi connectivity index (χ0n) is 9.17. The number of allylic oxidation sites excluding steroid dienone is 1. The van der Waals surface area contributed by atoms with Crippen LogP contribution < -0.4 is 5.73 Å². The fourth-order valence-corrected chi connectivity index (χ4v) is 2.02. The lowest BCUT2D eigenvalue weighted by Gasteiger charge is -2.24. The zero-order chi connectivity index (χ0) is 11.3. The fraction of sp³-hybridized carbons (Fsp3) is 0.385. The predicted molar refractivity (Wildman–Crippen MR) is 69.9 cm³/mol. The third-order valence-corrected chi connectivity index (χ3v) is 3.25. The van der Waals surface area contributed by atoms with E-state index in [1.807, 2.05) is 18.2 Å². The van der Waals surface area contributed by atoms with Crippen LogP contribution in [0.5, 0.6) is 0 Å². The van der Waals surface area contributed by atoms with Gasteiger partial charge >= 0.3 is 0 Å². The zero-order valence-corrected chi connectivity index (χ0v) is 10.8. The second-order valence-corrected chi connectivity index (χ2v) is 5.10. The standard InChI is InChI=1S/C13H18BrN/c1-3-4-9-13(2,15)10-11-7-5-6-8-12(11)14/h3,5-8H,1,4,9-10,15H2,2H3/t13-/m1/s1. The maximum absolute atomic E-state index is 6.24. The van der Waals surface area contributed by atoms with Crippen LogP contribution in [0.3, 0.4) is 0 Å². The van der Waals surface area contributed by atoms with Gasteiger partial charge in [-0.15, -0.1) is 6.58 Å². The molecule has 1 nitrogen and oxygen atoms in total. The van der Waals surface area contributed by atoms with Crippen LogP contribution in [0.15, 0.2) is 41.4 Å². The molecule has 1 aromatic carbocycles. The molecule has 0 unspecified atom stereocenters. The molecule has 82 valence electrons. The van der Waals surface area contributed by atoms with E-state index >= 15 is 0 Å². The SMILES string of the molecule is C=CCC[C@@](C)(N)Cc1ccccc1Br. The van der Waals surface area contributed by atoms with Crippen molar-refractivity contribution in [2.45, 2.75) is 31.7 Å². The molecule has 0 saturated carbocycles. The average Bonchev–Trinajstić information content (AvgIpc) is 2.18. The second kappa shape index (κ2) is 5.47. The topological polar surface area (TPSA) is 26.0 Å². The Bertz CT molecular complexity index is 331. The Kier molecular flexibility index (Phi) is 4.55. The van der Waals surface area contributed by atoms with E-state index in [9.17, 15) is 0 Å². The molecule has 0 amide bonds. The molecule has 0 aliphatic carbocycles. The van der Waals surface area contributed by atoms with Gasteiger partial charge in [0.25, 0.3) is 0 Å². The fourth-order valence-electron chi connectivity index (χ4n) is 1.60. The maximum Gasteiger partial charge on any atom is 0.0207 e. The molecular weight excluding hydrogens is 250 g/mol. The summed E-state index contributed by atoms with van der Waals surface area (Å²) in [6.07, 6.45) is 4.75. The van der Waals surface area contributed by atoms with Crippen LogP contribution in [0.2, 0.25) is 0 Å². The molecule has 0 radical (unpaired) electrons.